The zero-order valence-electron chi connectivity index (χ0n) is 16.3. The van der Waals surface area contributed by atoms with Gasteiger partial charge in [0.15, 0.2) is 0 Å². The van der Waals surface area contributed by atoms with Crippen molar-refractivity contribution >= 4 is 29.6 Å². The highest BCUT2D eigenvalue weighted by molar-refractivity contribution is 5.94. The van der Waals surface area contributed by atoms with Crippen molar-refractivity contribution in [3.05, 3.63) is 0 Å². The molecule has 0 aromatic rings. The van der Waals surface area contributed by atoms with Crippen LogP contribution in [0.4, 0.5) is 0 Å². The second kappa shape index (κ2) is 13.4. The number of nitrogens with two attached hydrogens (primary N) is 1. The Morgan fingerprint density at radius 1 is 0.828 bits per heavy atom. The first-order valence-electron chi connectivity index (χ1n) is 8.87. The highest BCUT2D eigenvalue weighted by Crippen LogP contribution is 2.05. The van der Waals surface area contributed by atoms with Crippen LogP contribution in [-0.4, -0.2) is 89.3 Å². The van der Waals surface area contributed by atoms with Crippen LogP contribution in [0.15, 0.2) is 0 Å². The third kappa shape index (κ3) is 10.4. The smallest absolute Gasteiger partial charge is 0.328 e. The van der Waals surface area contributed by atoms with Crippen LogP contribution in [0.5, 0.6) is 0 Å². The van der Waals surface area contributed by atoms with E-state index in [2.05, 4.69) is 16.0 Å². The predicted octanol–water partition coefficient (Wildman–Crippen LogP) is -4.37. The summed E-state index contributed by atoms with van der Waals surface area (Å²) >= 11 is 0. The van der Waals surface area contributed by atoms with Crippen molar-refractivity contribution in [3.8, 4) is 0 Å². The fraction of sp³-hybridized carbons (Fsp3) is 0.688. The van der Waals surface area contributed by atoms with Crippen LogP contribution in [0.2, 0.25) is 0 Å². The van der Waals surface area contributed by atoms with Gasteiger partial charge >= 0.3 is 5.97 Å². The first-order valence-corrected chi connectivity index (χ1v) is 8.87. The lowest BCUT2D eigenvalue weighted by molar-refractivity contribution is -0.142. The lowest BCUT2D eigenvalue weighted by Gasteiger charge is -2.23. The molecule has 166 valence electrons. The molecule has 13 heteroatoms. The van der Waals surface area contributed by atoms with Crippen molar-refractivity contribution in [3.63, 3.8) is 0 Å². The lowest BCUT2D eigenvalue weighted by atomic mass is 10.0. The number of aliphatic hydroxyl groups excluding tert-OH is 2. The Balaban J connectivity index is 4.82. The molecule has 0 aliphatic heterocycles. The Labute approximate surface area is 167 Å². The molecule has 0 heterocycles. The standard InChI is InChI=1S/C16H29N5O8/c1-8(2)3-9(19-12(24)4-17)15(27)21-10(6-22)14(26)18-5-13(25)20-11(7-23)16(28)29/h8-11,22-23H,3-7,17H2,1-2H3,(H,18,26)(H,19,24)(H,20,25)(H,21,27)(H,28,29)/t9-,10-,11-/m0/s1. The molecular weight excluding hydrogens is 390 g/mol. The van der Waals surface area contributed by atoms with E-state index in [4.69, 9.17) is 15.9 Å². The van der Waals surface area contributed by atoms with Gasteiger partial charge in [-0.2, -0.15) is 0 Å². The van der Waals surface area contributed by atoms with Gasteiger partial charge in [-0.05, 0) is 12.3 Å². The van der Waals surface area contributed by atoms with E-state index < -0.39 is 67.5 Å². The number of carboxylic acids is 1. The Morgan fingerprint density at radius 3 is 1.83 bits per heavy atom. The van der Waals surface area contributed by atoms with Gasteiger partial charge in [0.1, 0.15) is 18.1 Å². The van der Waals surface area contributed by atoms with Gasteiger partial charge in [-0.15, -0.1) is 0 Å². The van der Waals surface area contributed by atoms with Crippen LogP contribution < -0.4 is 27.0 Å². The summed E-state index contributed by atoms with van der Waals surface area (Å²) in [5.41, 5.74) is 5.22. The predicted molar refractivity (Wildman–Crippen MR) is 99.1 cm³/mol. The van der Waals surface area contributed by atoms with E-state index in [0.29, 0.717) is 0 Å². The fourth-order valence-electron chi connectivity index (χ4n) is 2.14. The molecule has 4 amide bonds. The summed E-state index contributed by atoms with van der Waals surface area (Å²) < 4.78 is 0. The zero-order valence-corrected chi connectivity index (χ0v) is 16.3. The average Bonchev–Trinajstić information content (AvgIpc) is 2.66. The van der Waals surface area contributed by atoms with Gasteiger partial charge in [0.05, 0.1) is 26.3 Å². The molecule has 0 radical (unpaired) electrons. The van der Waals surface area contributed by atoms with E-state index in [1.54, 1.807) is 0 Å². The second-order valence-electron chi connectivity index (χ2n) is 6.56. The Morgan fingerprint density at radius 2 is 1.38 bits per heavy atom. The van der Waals surface area contributed by atoms with Crippen LogP contribution in [0.3, 0.4) is 0 Å². The number of rotatable bonds is 13. The number of amides is 4. The van der Waals surface area contributed by atoms with Crippen molar-refractivity contribution in [1.29, 1.82) is 0 Å². The van der Waals surface area contributed by atoms with Gasteiger partial charge in [0.2, 0.25) is 23.6 Å². The van der Waals surface area contributed by atoms with Gasteiger partial charge in [0, 0.05) is 0 Å². The summed E-state index contributed by atoms with van der Waals surface area (Å²) in [5.74, 6) is -4.50. The van der Waals surface area contributed by atoms with Gasteiger partial charge in [-0.25, -0.2) is 4.79 Å². The quantitative estimate of drug-likeness (QED) is 0.144. The molecule has 0 unspecified atom stereocenters. The maximum atomic E-state index is 12.4. The molecule has 0 aliphatic rings. The third-order valence-corrected chi connectivity index (χ3v) is 3.60. The molecule has 0 bridgehead atoms. The largest absolute Gasteiger partial charge is 0.480 e. The molecule has 13 nitrogen and oxygen atoms in total. The van der Waals surface area contributed by atoms with Gasteiger partial charge in [-0.1, -0.05) is 13.8 Å². The Bertz CT molecular complexity index is 598. The highest BCUT2D eigenvalue weighted by atomic mass is 16.4. The maximum absolute atomic E-state index is 12.4. The molecule has 0 aromatic carbocycles. The highest BCUT2D eigenvalue weighted by Gasteiger charge is 2.27. The first kappa shape index (κ1) is 26.2. The monoisotopic (exact) mass is 419 g/mol. The molecule has 0 aromatic heterocycles. The van der Waals surface area contributed by atoms with Crippen LogP contribution in [-0.2, 0) is 24.0 Å². The minimum Gasteiger partial charge on any atom is -0.480 e. The topological polar surface area (TPSA) is 220 Å². The summed E-state index contributed by atoms with van der Waals surface area (Å²) in [5, 5.41) is 35.7. The molecule has 3 atom stereocenters. The third-order valence-electron chi connectivity index (χ3n) is 3.60. The van der Waals surface area contributed by atoms with Crippen molar-refractivity contribution in [2.24, 2.45) is 11.7 Å². The van der Waals surface area contributed by atoms with Crippen LogP contribution in [0, 0.1) is 5.92 Å². The first-order chi connectivity index (χ1) is 13.5. The second-order valence-corrected chi connectivity index (χ2v) is 6.56. The van der Waals surface area contributed by atoms with E-state index in [1.807, 2.05) is 19.2 Å². The molecule has 0 spiro atoms. The number of aliphatic carboxylic acids is 1. The minimum absolute atomic E-state index is 0.0302. The Kier molecular flexibility index (Phi) is 12.1. The van der Waals surface area contributed by atoms with Gasteiger partial charge < -0.3 is 42.3 Å². The van der Waals surface area contributed by atoms with Crippen LogP contribution in [0.25, 0.3) is 0 Å². The summed E-state index contributed by atoms with van der Waals surface area (Å²) in [4.78, 5) is 58.3. The number of carboxylic acid groups (broad SMARTS) is 1. The van der Waals surface area contributed by atoms with Gasteiger partial charge in [-0.3, -0.25) is 19.2 Å². The normalized spacial score (nSPS) is 13.7. The summed E-state index contributed by atoms with van der Waals surface area (Å²) in [6.07, 6.45) is 0.261. The molecule has 0 saturated carbocycles. The van der Waals surface area contributed by atoms with Crippen molar-refractivity contribution in [2.45, 2.75) is 38.4 Å². The molecular formula is C16H29N5O8. The molecule has 0 fully saturated rings. The summed E-state index contributed by atoms with van der Waals surface area (Å²) in [7, 11) is 0. The zero-order chi connectivity index (χ0) is 22.6. The molecule has 29 heavy (non-hydrogen) atoms. The number of hydrogen-bond acceptors (Lipinski definition) is 8. The average molecular weight is 419 g/mol. The molecule has 0 rings (SSSR count). The maximum Gasteiger partial charge on any atom is 0.328 e. The van der Waals surface area contributed by atoms with E-state index in [9.17, 15) is 29.1 Å². The van der Waals surface area contributed by atoms with Crippen LogP contribution in [0.1, 0.15) is 20.3 Å². The molecule has 9 N–H and O–H groups in total. The fourth-order valence-corrected chi connectivity index (χ4v) is 2.14. The number of hydrogen-bond donors (Lipinski definition) is 8. The summed E-state index contributed by atoms with van der Waals surface area (Å²) in [6, 6.07) is -3.92. The molecule has 0 aliphatic carbocycles. The minimum atomic E-state index is -1.53. The number of carbonyl (C=O) groups excluding carboxylic acids is 4. The number of carbonyl (C=O) groups is 5. The SMILES string of the molecule is CC(C)C[C@H](NC(=O)CN)C(=O)N[C@@H](CO)C(=O)NCC(=O)N[C@@H](CO)C(=O)O. The van der Waals surface area contributed by atoms with E-state index in [0.717, 1.165) is 0 Å². The van der Waals surface area contributed by atoms with Crippen LogP contribution >= 0.6 is 0 Å². The van der Waals surface area contributed by atoms with E-state index in [1.165, 1.54) is 0 Å². The lowest BCUT2D eigenvalue weighted by Crippen LogP contribution is -2.56. The van der Waals surface area contributed by atoms with Crippen molar-refractivity contribution < 1.29 is 39.3 Å². The van der Waals surface area contributed by atoms with Gasteiger partial charge in [0.25, 0.3) is 0 Å². The summed E-state index contributed by atoms with van der Waals surface area (Å²) in [6.45, 7) is 1.05. The number of aliphatic hydroxyl groups is 2. The molecule has 0 saturated heterocycles. The number of nitrogens with one attached hydrogen (secondary N) is 4. The van der Waals surface area contributed by atoms with Crippen molar-refractivity contribution in [1.82, 2.24) is 21.3 Å². The Hall–Kier alpha value is -2.77. The van der Waals surface area contributed by atoms with E-state index >= 15 is 0 Å². The van der Waals surface area contributed by atoms with Crippen molar-refractivity contribution in [2.75, 3.05) is 26.3 Å². The van der Waals surface area contributed by atoms with E-state index in [-0.39, 0.29) is 18.9 Å².